The molecule has 0 heterocycles. The molecule has 0 radical (unpaired) electrons. The van der Waals surface area contributed by atoms with Gasteiger partial charge in [-0.1, -0.05) is 23.2 Å². The second-order valence-electron chi connectivity index (χ2n) is 4.11. The van der Waals surface area contributed by atoms with Gasteiger partial charge < -0.3 is 5.11 Å². The van der Waals surface area contributed by atoms with Crippen LogP contribution in [0.1, 0.15) is 15.9 Å². The van der Waals surface area contributed by atoms with E-state index in [0.717, 1.165) is 0 Å². The summed E-state index contributed by atoms with van der Waals surface area (Å²) in [5.74, 6) is -2.08. The maximum Gasteiger partial charge on any atom is 0.338 e. The Morgan fingerprint density at radius 2 is 1.68 bits per heavy atom. The average molecular weight is 299 g/mol. The number of carbonyl (C=O) groups is 1. The van der Waals surface area contributed by atoms with Crippen molar-refractivity contribution in [2.45, 2.75) is 6.92 Å². The molecular weight excluding hydrogens is 290 g/mol. The van der Waals surface area contributed by atoms with Gasteiger partial charge in [-0.15, -0.1) is 0 Å². The van der Waals surface area contributed by atoms with E-state index in [-0.39, 0.29) is 5.56 Å². The first-order valence-corrected chi connectivity index (χ1v) is 6.14. The number of benzene rings is 2. The van der Waals surface area contributed by atoms with Crippen LogP contribution in [0.15, 0.2) is 30.3 Å². The van der Waals surface area contributed by atoms with Gasteiger partial charge in [0.05, 0.1) is 5.56 Å². The quantitative estimate of drug-likeness (QED) is 0.864. The fourth-order valence-corrected chi connectivity index (χ4v) is 2.38. The molecule has 19 heavy (non-hydrogen) atoms. The first-order chi connectivity index (χ1) is 8.88. The third-order valence-corrected chi connectivity index (χ3v) is 3.15. The number of halogens is 3. The summed E-state index contributed by atoms with van der Waals surface area (Å²) in [6.07, 6.45) is 0. The van der Waals surface area contributed by atoms with Crippen LogP contribution in [0.25, 0.3) is 11.1 Å². The molecule has 0 saturated carbocycles. The largest absolute Gasteiger partial charge is 0.478 e. The Morgan fingerprint density at radius 3 is 2.21 bits per heavy atom. The summed E-state index contributed by atoms with van der Waals surface area (Å²) in [4.78, 5) is 11.0. The minimum absolute atomic E-state index is 0.378. The minimum atomic E-state index is -1.31. The van der Waals surface area contributed by atoms with E-state index >= 15 is 0 Å². The van der Waals surface area contributed by atoms with Gasteiger partial charge in [-0.25, -0.2) is 9.18 Å². The van der Waals surface area contributed by atoms with Crippen molar-refractivity contribution in [3.63, 3.8) is 0 Å². The topological polar surface area (TPSA) is 37.3 Å². The van der Waals surface area contributed by atoms with Crippen molar-refractivity contribution in [2.75, 3.05) is 0 Å². The van der Waals surface area contributed by atoms with E-state index < -0.39 is 11.8 Å². The molecule has 5 heteroatoms. The molecule has 0 aliphatic carbocycles. The Balaban J connectivity index is 2.67. The molecule has 0 aliphatic rings. The lowest BCUT2D eigenvalue weighted by atomic mass is 9.97. The standard InChI is InChI=1S/C14H9Cl2FO2/c1-7-2-13(17)12(14(18)19)6-11(7)8-3-9(15)5-10(16)4-8/h2-6H,1H3,(H,18,19). The van der Waals surface area contributed by atoms with E-state index in [4.69, 9.17) is 28.3 Å². The molecule has 0 bridgehead atoms. The second kappa shape index (κ2) is 5.19. The Kier molecular flexibility index (Phi) is 3.78. The Bertz CT molecular complexity index is 648. The van der Waals surface area contributed by atoms with Gasteiger partial charge >= 0.3 is 5.97 Å². The van der Waals surface area contributed by atoms with Gasteiger partial charge in [0.2, 0.25) is 0 Å². The first-order valence-electron chi connectivity index (χ1n) is 5.38. The SMILES string of the molecule is Cc1cc(F)c(C(=O)O)cc1-c1cc(Cl)cc(Cl)c1. The summed E-state index contributed by atoms with van der Waals surface area (Å²) < 4.78 is 13.5. The van der Waals surface area contributed by atoms with Crippen LogP contribution in [0.2, 0.25) is 10.0 Å². The fraction of sp³-hybridized carbons (Fsp3) is 0.0714. The number of rotatable bonds is 2. The van der Waals surface area contributed by atoms with Gasteiger partial charge in [-0.2, -0.15) is 0 Å². The van der Waals surface area contributed by atoms with Crippen LogP contribution < -0.4 is 0 Å². The van der Waals surface area contributed by atoms with Crippen LogP contribution in [0.4, 0.5) is 4.39 Å². The highest BCUT2D eigenvalue weighted by Gasteiger charge is 2.14. The molecule has 1 N–H and O–H groups in total. The van der Waals surface area contributed by atoms with Gasteiger partial charge in [0.25, 0.3) is 0 Å². The van der Waals surface area contributed by atoms with E-state index in [9.17, 15) is 9.18 Å². The van der Waals surface area contributed by atoms with Crippen molar-refractivity contribution in [2.24, 2.45) is 0 Å². The van der Waals surface area contributed by atoms with Crippen molar-refractivity contribution in [1.82, 2.24) is 0 Å². The van der Waals surface area contributed by atoms with E-state index in [1.165, 1.54) is 12.1 Å². The molecule has 0 aromatic heterocycles. The zero-order chi connectivity index (χ0) is 14.2. The number of carboxylic acids is 1. The van der Waals surface area contributed by atoms with E-state index in [0.29, 0.717) is 26.7 Å². The van der Waals surface area contributed by atoms with E-state index in [1.807, 2.05) is 0 Å². The summed E-state index contributed by atoms with van der Waals surface area (Å²) in [6, 6.07) is 7.35. The predicted molar refractivity (Wildman–Crippen MR) is 73.6 cm³/mol. The number of aromatic carboxylic acids is 1. The molecule has 0 spiro atoms. The third-order valence-electron chi connectivity index (χ3n) is 2.72. The average Bonchev–Trinajstić information content (AvgIpc) is 2.26. The zero-order valence-corrected chi connectivity index (χ0v) is 11.4. The van der Waals surface area contributed by atoms with Crippen molar-refractivity contribution in [3.8, 4) is 11.1 Å². The maximum atomic E-state index is 13.5. The highest BCUT2D eigenvalue weighted by atomic mass is 35.5. The smallest absolute Gasteiger partial charge is 0.338 e. The molecule has 0 unspecified atom stereocenters. The minimum Gasteiger partial charge on any atom is -0.478 e. The number of carboxylic acid groups (broad SMARTS) is 1. The number of aryl methyl sites for hydroxylation is 1. The monoisotopic (exact) mass is 298 g/mol. The molecule has 0 amide bonds. The van der Waals surface area contributed by atoms with E-state index in [1.54, 1.807) is 25.1 Å². The molecular formula is C14H9Cl2FO2. The molecule has 2 rings (SSSR count). The van der Waals surface area contributed by atoms with Crippen LogP contribution in [0, 0.1) is 12.7 Å². The molecule has 0 fully saturated rings. The molecule has 0 aliphatic heterocycles. The van der Waals surface area contributed by atoms with Crippen molar-refractivity contribution < 1.29 is 14.3 Å². The lowest BCUT2D eigenvalue weighted by molar-refractivity contribution is 0.0692. The normalized spacial score (nSPS) is 10.5. The maximum absolute atomic E-state index is 13.5. The van der Waals surface area contributed by atoms with Crippen LogP contribution in [0.5, 0.6) is 0 Å². The van der Waals surface area contributed by atoms with Crippen molar-refractivity contribution in [1.29, 1.82) is 0 Å². The first kappa shape index (κ1) is 13.8. The predicted octanol–water partition coefficient (Wildman–Crippen LogP) is 4.81. The highest BCUT2D eigenvalue weighted by Crippen LogP contribution is 2.31. The lowest BCUT2D eigenvalue weighted by Gasteiger charge is -2.09. The Morgan fingerprint density at radius 1 is 1.11 bits per heavy atom. The van der Waals surface area contributed by atoms with Gasteiger partial charge in [0.1, 0.15) is 5.82 Å². The summed E-state index contributed by atoms with van der Waals surface area (Å²) in [5, 5.41) is 9.81. The van der Waals surface area contributed by atoms with Crippen LogP contribution in [-0.4, -0.2) is 11.1 Å². The number of hydrogen-bond donors (Lipinski definition) is 1. The summed E-state index contributed by atoms with van der Waals surface area (Å²) in [6.45, 7) is 1.69. The van der Waals surface area contributed by atoms with Gasteiger partial charge in [-0.3, -0.25) is 0 Å². The Labute approximate surface area is 119 Å². The van der Waals surface area contributed by atoms with Gasteiger partial charge in [0, 0.05) is 10.0 Å². The van der Waals surface area contributed by atoms with Gasteiger partial charge in [0.15, 0.2) is 0 Å². The lowest BCUT2D eigenvalue weighted by Crippen LogP contribution is -2.02. The Hall–Kier alpha value is -1.58. The summed E-state index contributed by atoms with van der Waals surface area (Å²) in [5.41, 5.74) is 1.47. The third kappa shape index (κ3) is 2.88. The van der Waals surface area contributed by atoms with Gasteiger partial charge in [-0.05, 0) is 53.9 Å². The van der Waals surface area contributed by atoms with Crippen LogP contribution in [-0.2, 0) is 0 Å². The molecule has 2 nitrogen and oxygen atoms in total. The van der Waals surface area contributed by atoms with Crippen LogP contribution in [0.3, 0.4) is 0 Å². The fourth-order valence-electron chi connectivity index (χ4n) is 1.86. The van der Waals surface area contributed by atoms with Crippen molar-refractivity contribution >= 4 is 29.2 Å². The summed E-state index contributed by atoms with van der Waals surface area (Å²) in [7, 11) is 0. The molecule has 2 aromatic carbocycles. The molecule has 98 valence electrons. The second-order valence-corrected chi connectivity index (χ2v) is 4.98. The van der Waals surface area contributed by atoms with Crippen LogP contribution >= 0.6 is 23.2 Å². The highest BCUT2D eigenvalue weighted by molar-refractivity contribution is 6.35. The number of hydrogen-bond acceptors (Lipinski definition) is 1. The van der Waals surface area contributed by atoms with E-state index in [2.05, 4.69) is 0 Å². The van der Waals surface area contributed by atoms with Crippen molar-refractivity contribution in [3.05, 3.63) is 57.3 Å². The molecule has 0 atom stereocenters. The molecule has 0 saturated heterocycles. The zero-order valence-electron chi connectivity index (χ0n) is 9.88. The molecule has 2 aromatic rings. The summed E-state index contributed by atoms with van der Waals surface area (Å²) >= 11 is 11.8.